The number of fused-ring (bicyclic) bond motifs is 1. The highest BCUT2D eigenvalue weighted by atomic mass is 16.5. The van der Waals surface area contributed by atoms with Gasteiger partial charge in [0, 0.05) is 24.7 Å². The van der Waals surface area contributed by atoms with Crippen molar-refractivity contribution in [1.29, 1.82) is 0 Å². The number of nitrogens with zero attached hydrogens (tertiary/aromatic N) is 2. The normalized spacial score (nSPS) is 17.0. The van der Waals surface area contributed by atoms with Crippen LogP contribution in [0.25, 0.3) is 11.3 Å². The van der Waals surface area contributed by atoms with Crippen LogP contribution in [0, 0.1) is 0 Å². The second-order valence-corrected chi connectivity index (χ2v) is 8.11. The molecule has 0 saturated carbocycles. The van der Waals surface area contributed by atoms with Crippen LogP contribution in [-0.4, -0.2) is 36.9 Å². The maximum atomic E-state index is 6.11. The molecule has 2 aromatic carbocycles. The summed E-state index contributed by atoms with van der Waals surface area (Å²) in [5, 5.41) is 3.70. The van der Waals surface area contributed by atoms with Crippen molar-refractivity contribution in [3.63, 3.8) is 0 Å². The van der Waals surface area contributed by atoms with Crippen molar-refractivity contribution in [2.24, 2.45) is 0 Å². The van der Waals surface area contributed by atoms with E-state index >= 15 is 0 Å². The van der Waals surface area contributed by atoms with Gasteiger partial charge in [-0.25, -0.2) is 9.97 Å². The molecule has 1 aliphatic rings. The van der Waals surface area contributed by atoms with Gasteiger partial charge in [-0.2, -0.15) is 0 Å². The molecule has 0 amide bonds. The number of aromatic nitrogens is 2. The van der Waals surface area contributed by atoms with Crippen molar-refractivity contribution in [1.82, 2.24) is 9.97 Å². The Labute approximate surface area is 196 Å². The molecule has 0 aliphatic heterocycles. The van der Waals surface area contributed by atoms with Gasteiger partial charge < -0.3 is 19.5 Å². The average molecular weight is 448 g/mol. The fourth-order valence-corrected chi connectivity index (χ4v) is 4.57. The van der Waals surface area contributed by atoms with Gasteiger partial charge in [0.15, 0.2) is 0 Å². The first-order valence-corrected chi connectivity index (χ1v) is 11.7. The standard InChI is InChI=1S/C27H33N3O3/c1-6-21-25(20-14-13-18(31-4)16-23(20)32-5)28-22(7-2)27(29-21)30-26-19-12-10-9-11-17(19)15-24(26)33-8-3/h9-14,16,24,26H,6-8,15H2,1-5H3,(H,29,30). The third kappa shape index (κ3) is 4.53. The summed E-state index contributed by atoms with van der Waals surface area (Å²) in [4.78, 5) is 10.2. The van der Waals surface area contributed by atoms with Gasteiger partial charge in [0.1, 0.15) is 17.3 Å². The molecule has 1 heterocycles. The Morgan fingerprint density at radius 1 is 0.939 bits per heavy atom. The fraction of sp³-hybridized carbons (Fsp3) is 0.407. The van der Waals surface area contributed by atoms with Crippen molar-refractivity contribution in [2.45, 2.75) is 52.2 Å². The summed E-state index contributed by atoms with van der Waals surface area (Å²) in [5.74, 6) is 2.30. The number of methoxy groups -OCH3 is 2. The van der Waals surface area contributed by atoms with Crippen LogP contribution >= 0.6 is 0 Å². The molecule has 1 aliphatic carbocycles. The second-order valence-electron chi connectivity index (χ2n) is 8.11. The molecule has 0 bridgehead atoms. The van der Waals surface area contributed by atoms with Crippen LogP contribution in [0.2, 0.25) is 0 Å². The van der Waals surface area contributed by atoms with E-state index in [0.717, 1.165) is 59.2 Å². The van der Waals surface area contributed by atoms with Crippen molar-refractivity contribution in [2.75, 3.05) is 26.1 Å². The van der Waals surface area contributed by atoms with Crippen LogP contribution in [0.4, 0.5) is 5.82 Å². The Hall–Kier alpha value is -3.12. The predicted octanol–water partition coefficient (Wildman–Crippen LogP) is 5.40. The van der Waals surface area contributed by atoms with Gasteiger partial charge in [-0.1, -0.05) is 38.1 Å². The lowest BCUT2D eigenvalue weighted by Gasteiger charge is -2.24. The summed E-state index contributed by atoms with van der Waals surface area (Å²) < 4.78 is 17.1. The van der Waals surface area contributed by atoms with E-state index < -0.39 is 0 Å². The third-order valence-corrected chi connectivity index (χ3v) is 6.23. The number of nitrogens with one attached hydrogen (secondary N) is 1. The number of benzene rings is 2. The molecule has 0 fully saturated rings. The minimum Gasteiger partial charge on any atom is -0.497 e. The van der Waals surface area contributed by atoms with Crippen molar-refractivity contribution in [3.8, 4) is 22.8 Å². The molecule has 4 rings (SSSR count). The van der Waals surface area contributed by atoms with Gasteiger partial charge in [-0.3, -0.25) is 0 Å². The first kappa shape index (κ1) is 23.1. The van der Waals surface area contributed by atoms with Crippen LogP contribution in [0.15, 0.2) is 42.5 Å². The highest BCUT2D eigenvalue weighted by molar-refractivity contribution is 5.71. The second kappa shape index (κ2) is 10.2. The van der Waals surface area contributed by atoms with E-state index in [-0.39, 0.29) is 12.1 Å². The topological polar surface area (TPSA) is 65.5 Å². The maximum absolute atomic E-state index is 6.11. The molecule has 2 unspecified atom stereocenters. The quantitative estimate of drug-likeness (QED) is 0.474. The number of rotatable bonds is 9. The largest absolute Gasteiger partial charge is 0.497 e. The zero-order chi connectivity index (χ0) is 23.4. The summed E-state index contributed by atoms with van der Waals surface area (Å²) in [6, 6.07) is 14.4. The number of ether oxygens (including phenoxy) is 3. The molecule has 0 saturated heterocycles. The van der Waals surface area contributed by atoms with Crippen molar-refractivity contribution >= 4 is 5.82 Å². The molecule has 3 aromatic rings. The van der Waals surface area contributed by atoms with Crippen molar-refractivity contribution < 1.29 is 14.2 Å². The monoisotopic (exact) mass is 447 g/mol. The molecule has 174 valence electrons. The minimum atomic E-state index is 0.0480. The SMILES string of the molecule is CCOC1Cc2ccccc2C1Nc1nc(CC)c(-c2ccc(OC)cc2OC)nc1CC. The lowest BCUT2D eigenvalue weighted by molar-refractivity contribution is 0.0573. The molecule has 2 atom stereocenters. The molecule has 1 aromatic heterocycles. The van der Waals surface area contributed by atoms with E-state index in [9.17, 15) is 0 Å². The molecular weight excluding hydrogens is 414 g/mol. The fourth-order valence-electron chi connectivity index (χ4n) is 4.57. The molecule has 1 N–H and O–H groups in total. The summed E-state index contributed by atoms with van der Waals surface area (Å²) in [6.07, 6.45) is 2.49. The first-order valence-electron chi connectivity index (χ1n) is 11.7. The zero-order valence-electron chi connectivity index (χ0n) is 20.1. The maximum Gasteiger partial charge on any atom is 0.148 e. The average Bonchev–Trinajstić information content (AvgIpc) is 3.20. The lowest BCUT2D eigenvalue weighted by Crippen LogP contribution is -2.26. The molecule has 6 nitrogen and oxygen atoms in total. The van der Waals surface area contributed by atoms with E-state index in [2.05, 4.69) is 43.4 Å². The minimum absolute atomic E-state index is 0.0480. The van der Waals surface area contributed by atoms with Gasteiger partial charge in [-0.05, 0) is 43.0 Å². The summed E-state index contributed by atoms with van der Waals surface area (Å²) in [7, 11) is 3.32. The molecule has 33 heavy (non-hydrogen) atoms. The molecule has 0 radical (unpaired) electrons. The summed E-state index contributed by atoms with van der Waals surface area (Å²) >= 11 is 0. The first-order chi connectivity index (χ1) is 16.1. The highest BCUT2D eigenvalue weighted by Gasteiger charge is 2.33. The Balaban J connectivity index is 1.75. The number of hydrogen-bond donors (Lipinski definition) is 1. The number of anilines is 1. The van der Waals surface area contributed by atoms with Gasteiger partial charge in [0.05, 0.1) is 43.4 Å². The summed E-state index contributed by atoms with van der Waals surface area (Å²) in [6.45, 7) is 6.94. The van der Waals surface area contributed by atoms with Crippen LogP contribution < -0.4 is 14.8 Å². The van der Waals surface area contributed by atoms with Crippen LogP contribution in [-0.2, 0) is 24.0 Å². The predicted molar refractivity (Wildman–Crippen MR) is 131 cm³/mol. The Kier molecular flexibility index (Phi) is 7.14. The van der Waals surface area contributed by atoms with E-state index in [0.29, 0.717) is 6.61 Å². The smallest absolute Gasteiger partial charge is 0.148 e. The van der Waals surface area contributed by atoms with Crippen LogP contribution in [0.5, 0.6) is 11.5 Å². The van der Waals surface area contributed by atoms with E-state index in [1.54, 1.807) is 14.2 Å². The third-order valence-electron chi connectivity index (χ3n) is 6.23. The molecule has 6 heteroatoms. The van der Waals surface area contributed by atoms with E-state index in [4.69, 9.17) is 24.2 Å². The molecular formula is C27H33N3O3. The Morgan fingerprint density at radius 3 is 2.42 bits per heavy atom. The zero-order valence-corrected chi connectivity index (χ0v) is 20.1. The van der Waals surface area contributed by atoms with Gasteiger partial charge in [0.25, 0.3) is 0 Å². The Bertz CT molecular complexity index is 1120. The Morgan fingerprint density at radius 2 is 1.73 bits per heavy atom. The van der Waals surface area contributed by atoms with Gasteiger partial charge >= 0.3 is 0 Å². The summed E-state index contributed by atoms with van der Waals surface area (Å²) in [5.41, 5.74) is 6.24. The number of aryl methyl sites for hydroxylation is 2. The van der Waals surface area contributed by atoms with Crippen LogP contribution in [0.3, 0.4) is 0 Å². The van der Waals surface area contributed by atoms with Crippen molar-refractivity contribution in [3.05, 3.63) is 65.0 Å². The van der Waals surface area contributed by atoms with Crippen LogP contribution in [0.1, 0.15) is 49.3 Å². The van der Waals surface area contributed by atoms with E-state index in [1.165, 1.54) is 11.1 Å². The number of hydrogen-bond acceptors (Lipinski definition) is 6. The van der Waals surface area contributed by atoms with Gasteiger partial charge in [0.2, 0.25) is 0 Å². The highest BCUT2D eigenvalue weighted by Crippen LogP contribution is 2.38. The van der Waals surface area contributed by atoms with E-state index in [1.807, 2.05) is 25.1 Å². The lowest BCUT2D eigenvalue weighted by atomic mass is 10.1. The van der Waals surface area contributed by atoms with Gasteiger partial charge in [-0.15, -0.1) is 0 Å². The molecule has 0 spiro atoms.